The number of halogens is 1. The third-order valence-electron chi connectivity index (χ3n) is 3.62. The van der Waals surface area contributed by atoms with E-state index in [1.807, 2.05) is 66.4 Å². The van der Waals surface area contributed by atoms with Crippen molar-refractivity contribution >= 4 is 40.8 Å². The smallest absolute Gasteiger partial charge is 0.227 e. The number of thioether (sulfide) groups is 1. The Bertz CT molecular complexity index is 740. The van der Waals surface area contributed by atoms with E-state index in [2.05, 4.69) is 14.9 Å². The molecule has 24 heavy (non-hydrogen) atoms. The highest BCUT2D eigenvalue weighted by molar-refractivity contribution is 7.99. The van der Waals surface area contributed by atoms with E-state index in [0.717, 1.165) is 35.8 Å². The van der Waals surface area contributed by atoms with Crippen LogP contribution >= 0.6 is 23.4 Å². The second-order valence-electron chi connectivity index (χ2n) is 5.35. The molecule has 0 spiro atoms. The summed E-state index contributed by atoms with van der Waals surface area (Å²) in [6, 6.07) is 17.2. The lowest BCUT2D eigenvalue weighted by molar-refractivity contribution is 0.458. The Labute approximate surface area is 151 Å². The van der Waals surface area contributed by atoms with Crippen molar-refractivity contribution in [1.82, 2.24) is 4.90 Å². The lowest BCUT2D eigenvalue weighted by atomic mass is 10.2. The predicted molar refractivity (Wildman–Crippen MR) is 105 cm³/mol. The first kappa shape index (κ1) is 16.9. The summed E-state index contributed by atoms with van der Waals surface area (Å²) in [5, 5.41) is 0.657. The van der Waals surface area contributed by atoms with Crippen LogP contribution in [0.2, 0.25) is 5.02 Å². The molecule has 2 aromatic rings. The third-order valence-corrected chi connectivity index (χ3v) is 4.80. The van der Waals surface area contributed by atoms with E-state index in [9.17, 15) is 0 Å². The van der Waals surface area contributed by atoms with Crippen LogP contribution in [-0.2, 0) is 0 Å². The lowest BCUT2D eigenvalue weighted by Gasteiger charge is -2.27. The predicted octanol–water partition coefficient (Wildman–Crippen LogP) is 3.78. The average Bonchev–Trinajstić information content (AvgIpc) is 2.63. The first-order valence-corrected chi connectivity index (χ1v) is 9.32. The van der Waals surface area contributed by atoms with Gasteiger partial charge in [-0.25, -0.2) is 4.99 Å². The summed E-state index contributed by atoms with van der Waals surface area (Å²) in [4.78, 5) is 11.5. The summed E-state index contributed by atoms with van der Waals surface area (Å²) in [7, 11) is 0. The maximum Gasteiger partial charge on any atom is 0.227 e. The van der Waals surface area contributed by atoms with Crippen LogP contribution in [0.4, 0.5) is 5.69 Å². The molecule has 0 aromatic heterocycles. The minimum absolute atomic E-state index is 0.467. The Morgan fingerprint density at radius 3 is 2.50 bits per heavy atom. The van der Waals surface area contributed by atoms with E-state index in [0.29, 0.717) is 16.8 Å². The summed E-state index contributed by atoms with van der Waals surface area (Å²) in [5.74, 6) is 3.23. The van der Waals surface area contributed by atoms with Crippen molar-refractivity contribution in [2.24, 2.45) is 15.7 Å². The maximum absolute atomic E-state index is 6.20. The van der Waals surface area contributed by atoms with Gasteiger partial charge in [-0.05, 0) is 18.2 Å². The number of benzene rings is 2. The number of amidine groups is 1. The van der Waals surface area contributed by atoms with Crippen LogP contribution in [0.1, 0.15) is 5.56 Å². The zero-order valence-electron chi connectivity index (χ0n) is 13.2. The average molecular weight is 359 g/mol. The Kier molecular flexibility index (Phi) is 5.77. The van der Waals surface area contributed by atoms with Crippen molar-refractivity contribution < 1.29 is 0 Å². The summed E-state index contributed by atoms with van der Waals surface area (Å²) in [5.41, 5.74) is 7.87. The molecular weight excluding hydrogens is 340 g/mol. The fraction of sp³-hybridized carbons (Fsp3) is 0.222. The fourth-order valence-corrected chi connectivity index (χ4v) is 3.46. The first-order chi connectivity index (χ1) is 11.7. The maximum atomic E-state index is 6.20. The molecule has 1 fully saturated rings. The normalized spacial score (nSPS) is 16.3. The fourth-order valence-electron chi connectivity index (χ4n) is 2.37. The van der Waals surface area contributed by atoms with Crippen molar-refractivity contribution in [3.05, 3.63) is 65.2 Å². The van der Waals surface area contributed by atoms with Gasteiger partial charge in [-0.15, -0.1) is 0 Å². The van der Waals surface area contributed by atoms with Gasteiger partial charge in [-0.1, -0.05) is 48.0 Å². The van der Waals surface area contributed by atoms with Gasteiger partial charge in [-0.3, -0.25) is 0 Å². The SMILES string of the molecule is N/C(=N\C(=Nc1cccc(Cl)c1)N1CCSCC1)c1ccccc1. The van der Waals surface area contributed by atoms with Gasteiger partial charge in [0, 0.05) is 35.2 Å². The highest BCUT2D eigenvalue weighted by Gasteiger charge is 2.15. The molecule has 1 saturated heterocycles. The second kappa shape index (κ2) is 8.22. The van der Waals surface area contributed by atoms with Crippen molar-refractivity contribution in [1.29, 1.82) is 0 Å². The first-order valence-electron chi connectivity index (χ1n) is 7.79. The quantitative estimate of drug-likeness (QED) is 0.656. The van der Waals surface area contributed by atoms with Gasteiger partial charge in [0.25, 0.3) is 0 Å². The number of hydrogen-bond donors (Lipinski definition) is 1. The van der Waals surface area contributed by atoms with E-state index >= 15 is 0 Å². The molecule has 0 saturated carbocycles. The van der Waals surface area contributed by atoms with Gasteiger partial charge in [0.05, 0.1) is 5.69 Å². The van der Waals surface area contributed by atoms with Gasteiger partial charge in [0.2, 0.25) is 5.96 Å². The molecule has 0 atom stereocenters. The molecule has 2 N–H and O–H groups in total. The molecule has 0 aliphatic carbocycles. The Morgan fingerprint density at radius 2 is 1.79 bits per heavy atom. The number of nitrogens with zero attached hydrogens (tertiary/aromatic N) is 3. The molecule has 2 aromatic carbocycles. The van der Waals surface area contributed by atoms with Crippen LogP contribution < -0.4 is 5.73 Å². The van der Waals surface area contributed by atoms with Crippen LogP contribution in [0.25, 0.3) is 0 Å². The summed E-state index contributed by atoms with van der Waals surface area (Å²) in [6.07, 6.45) is 0. The molecule has 0 radical (unpaired) electrons. The monoisotopic (exact) mass is 358 g/mol. The third kappa shape index (κ3) is 4.52. The molecular formula is C18H19ClN4S. The van der Waals surface area contributed by atoms with Gasteiger partial charge in [-0.2, -0.15) is 16.8 Å². The van der Waals surface area contributed by atoms with Gasteiger partial charge in [0.15, 0.2) is 0 Å². The Morgan fingerprint density at radius 1 is 1.04 bits per heavy atom. The lowest BCUT2D eigenvalue weighted by Crippen LogP contribution is -2.38. The van der Waals surface area contributed by atoms with Crippen molar-refractivity contribution in [2.45, 2.75) is 0 Å². The number of hydrogen-bond acceptors (Lipinski definition) is 2. The standard InChI is InChI=1S/C18H19ClN4S/c19-15-7-4-8-16(13-15)21-18(23-9-11-24-12-10-23)22-17(20)14-5-2-1-3-6-14/h1-8,13H,9-12H2,(H2,20,21,22). The highest BCUT2D eigenvalue weighted by Crippen LogP contribution is 2.20. The summed E-state index contributed by atoms with van der Waals surface area (Å²) in [6.45, 7) is 1.82. The topological polar surface area (TPSA) is 54.0 Å². The molecule has 0 bridgehead atoms. The molecule has 6 heteroatoms. The summed E-state index contributed by atoms with van der Waals surface area (Å²) >= 11 is 8.01. The molecule has 4 nitrogen and oxygen atoms in total. The Balaban J connectivity index is 1.95. The molecule has 124 valence electrons. The highest BCUT2D eigenvalue weighted by atomic mass is 35.5. The molecule has 1 heterocycles. The van der Waals surface area contributed by atoms with E-state index in [4.69, 9.17) is 17.3 Å². The van der Waals surface area contributed by atoms with Crippen molar-refractivity contribution in [3.8, 4) is 0 Å². The number of aliphatic imine (C=N–C) groups is 2. The largest absolute Gasteiger partial charge is 0.383 e. The van der Waals surface area contributed by atoms with Gasteiger partial charge < -0.3 is 10.6 Å². The van der Waals surface area contributed by atoms with Crippen molar-refractivity contribution in [3.63, 3.8) is 0 Å². The van der Waals surface area contributed by atoms with Gasteiger partial charge >= 0.3 is 0 Å². The van der Waals surface area contributed by atoms with Crippen LogP contribution in [0.15, 0.2) is 64.6 Å². The van der Waals surface area contributed by atoms with Crippen LogP contribution in [-0.4, -0.2) is 41.3 Å². The van der Waals surface area contributed by atoms with E-state index in [1.54, 1.807) is 0 Å². The van der Waals surface area contributed by atoms with E-state index < -0.39 is 0 Å². The molecule has 0 amide bonds. The van der Waals surface area contributed by atoms with Crippen LogP contribution in [0, 0.1) is 0 Å². The zero-order valence-corrected chi connectivity index (χ0v) is 14.8. The zero-order chi connectivity index (χ0) is 16.8. The second-order valence-corrected chi connectivity index (χ2v) is 7.02. The van der Waals surface area contributed by atoms with E-state index in [1.165, 1.54) is 0 Å². The molecule has 3 rings (SSSR count). The molecule has 0 unspecified atom stereocenters. The van der Waals surface area contributed by atoms with Crippen LogP contribution in [0.5, 0.6) is 0 Å². The molecule has 1 aliphatic heterocycles. The Hall–Kier alpha value is -1.98. The van der Waals surface area contributed by atoms with E-state index in [-0.39, 0.29) is 0 Å². The minimum atomic E-state index is 0.467. The van der Waals surface area contributed by atoms with Crippen molar-refractivity contribution in [2.75, 3.05) is 24.6 Å². The molecule has 1 aliphatic rings. The minimum Gasteiger partial charge on any atom is -0.383 e. The number of nitrogens with two attached hydrogens (primary N) is 1. The summed E-state index contributed by atoms with van der Waals surface area (Å²) < 4.78 is 0. The number of rotatable bonds is 2. The van der Waals surface area contributed by atoms with Crippen LogP contribution in [0.3, 0.4) is 0 Å². The number of guanidine groups is 1. The van der Waals surface area contributed by atoms with Gasteiger partial charge in [0.1, 0.15) is 5.84 Å².